The van der Waals surface area contributed by atoms with Crippen LogP contribution in [-0.2, 0) is 0 Å². The highest BCUT2D eigenvalue weighted by molar-refractivity contribution is 9.10. The minimum Gasteiger partial charge on any atom is -0.335 e. The Bertz CT molecular complexity index is 674. The lowest BCUT2D eigenvalue weighted by molar-refractivity contribution is 0.238. The molecule has 1 atom stereocenters. The lowest BCUT2D eigenvalue weighted by Gasteiger charge is -2.21. The molecule has 3 rings (SSSR count). The lowest BCUT2D eigenvalue weighted by atomic mass is 9.98. The fourth-order valence-electron chi connectivity index (χ4n) is 2.31. The molecule has 1 aliphatic carbocycles. The number of carbonyl (C=O) groups is 1. The molecule has 1 fully saturated rings. The maximum Gasteiger partial charge on any atom is 0.315 e. The summed E-state index contributed by atoms with van der Waals surface area (Å²) in [6.07, 6.45) is 2.02. The van der Waals surface area contributed by atoms with Crippen LogP contribution in [0.2, 0.25) is 0 Å². The van der Waals surface area contributed by atoms with E-state index in [1.165, 1.54) is 6.07 Å². The minimum absolute atomic E-state index is 0.256. The quantitative estimate of drug-likeness (QED) is 0.842. The lowest BCUT2D eigenvalue weighted by Crippen LogP contribution is -2.39. The van der Waals surface area contributed by atoms with Gasteiger partial charge in [-0.1, -0.05) is 52.3 Å². The maximum absolute atomic E-state index is 14.3. The summed E-state index contributed by atoms with van der Waals surface area (Å²) < 4.78 is 15.0. The first-order valence-electron chi connectivity index (χ1n) is 7.20. The average molecular weight is 363 g/mol. The zero-order chi connectivity index (χ0) is 15.5. The van der Waals surface area contributed by atoms with Crippen LogP contribution in [0.5, 0.6) is 0 Å². The second-order valence-electron chi connectivity index (χ2n) is 5.40. The molecule has 2 N–H and O–H groups in total. The number of benzene rings is 2. The molecule has 22 heavy (non-hydrogen) atoms. The molecule has 1 aliphatic rings. The second-order valence-corrected chi connectivity index (χ2v) is 6.32. The third-order valence-corrected chi connectivity index (χ3v) is 4.09. The molecule has 0 aliphatic heterocycles. The Balaban J connectivity index is 1.89. The Morgan fingerprint density at radius 2 is 1.91 bits per heavy atom. The third-order valence-electron chi connectivity index (χ3n) is 3.59. The smallest absolute Gasteiger partial charge is 0.315 e. The van der Waals surface area contributed by atoms with Gasteiger partial charge in [0.1, 0.15) is 5.82 Å². The van der Waals surface area contributed by atoms with Gasteiger partial charge in [0, 0.05) is 16.1 Å². The van der Waals surface area contributed by atoms with Crippen molar-refractivity contribution in [3.63, 3.8) is 0 Å². The van der Waals surface area contributed by atoms with E-state index in [4.69, 9.17) is 0 Å². The molecule has 2 amide bonds. The van der Waals surface area contributed by atoms with Crippen LogP contribution in [0.4, 0.5) is 9.18 Å². The van der Waals surface area contributed by atoms with E-state index >= 15 is 0 Å². The Morgan fingerprint density at radius 1 is 1.18 bits per heavy atom. The molecule has 3 nitrogen and oxygen atoms in total. The highest BCUT2D eigenvalue weighted by atomic mass is 79.9. The summed E-state index contributed by atoms with van der Waals surface area (Å²) in [7, 11) is 0. The summed E-state index contributed by atoms with van der Waals surface area (Å²) in [5.74, 6) is -0.352. The fraction of sp³-hybridized carbons (Fsp3) is 0.235. The van der Waals surface area contributed by atoms with E-state index in [-0.39, 0.29) is 17.9 Å². The number of hydrogen-bond donors (Lipinski definition) is 2. The van der Waals surface area contributed by atoms with Crippen molar-refractivity contribution >= 4 is 22.0 Å². The van der Waals surface area contributed by atoms with Crippen molar-refractivity contribution in [1.29, 1.82) is 0 Å². The molecule has 0 unspecified atom stereocenters. The van der Waals surface area contributed by atoms with Gasteiger partial charge in [-0.3, -0.25) is 0 Å². The van der Waals surface area contributed by atoms with E-state index in [0.29, 0.717) is 10.0 Å². The monoisotopic (exact) mass is 362 g/mol. The molecule has 0 bridgehead atoms. The average Bonchev–Trinajstić information content (AvgIpc) is 3.30. The Morgan fingerprint density at radius 3 is 2.55 bits per heavy atom. The van der Waals surface area contributed by atoms with Crippen LogP contribution in [-0.4, -0.2) is 12.1 Å². The number of amides is 2. The van der Waals surface area contributed by atoms with Gasteiger partial charge in [0.15, 0.2) is 0 Å². The van der Waals surface area contributed by atoms with E-state index in [1.54, 1.807) is 12.1 Å². The van der Waals surface area contributed by atoms with Crippen LogP contribution < -0.4 is 10.6 Å². The fourth-order valence-corrected chi connectivity index (χ4v) is 2.64. The predicted molar refractivity (Wildman–Crippen MR) is 87.1 cm³/mol. The third kappa shape index (κ3) is 3.65. The summed E-state index contributed by atoms with van der Waals surface area (Å²) in [6, 6.07) is 13.7. The normalized spacial score (nSPS) is 15.2. The Kier molecular flexibility index (Phi) is 4.43. The summed E-state index contributed by atoms with van der Waals surface area (Å²) in [6.45, 7) is 0. The number of urea groups is 1. The van der Waals surface area contributed by atoms with Gasteiger partial charge in [-0.25, -0.2) is 9.18 Å². The molecule has 0 spiro atoms. The van der Waals surface area contributed by atoms with Gasteiger partial charge >= 0.3 is 6.03 Å². The highest BCUT2D eigenvalue weighted by Gasteiger charge is 2.26. The summed E-state index contributed by atoms with van der Waals surface area (Å²) >= 11 is 3.25. The summed E-state index contributed by atoms with van der Waals surface area (Å²) in [4.78, 5) is 12.1. The van der Waals surface area contributed by atoms with Crippen molar-refractivity contribution in [3.05, 3.63) is 69.9 Å². The Hall–Kier alpha value is -1.88. The van der Waals surface area contributed by atoms with E-state index in [9.17, 15) is 9.18 Å². The SMILES string of the molecule is O=C(NC1CC1)N[C@H](c1ccccc1)c1ccc(Br)cc1F. The zero-order valence-electron chi connectivity index (χ0n) is 11.9. The summed E-state index contributed by atoms with van der Waals surface area (Å²) in [5.41, 5.74) is 1.29. The first kappa shape index (κ1) is 15.0. The van der Waals surface area contributed by atoms with Crippen molar-refractivity contribution < 1.29 is 9.18 Å². The number of halogens is 2. The van der Waals surface area contributed by atoms with Crippen LogP contribution in [0.25, 0.3) is 0 Å². The molecule has 0 saturated heterocycles. The van der Waals surface area contributed by atoms with E-state index in [0.717, 1.165) is 18.4 Å². The number of carbonyl (C=O) groups excluding carboxylic acids is 1. The van der Waals surface area contributed by atoms with Crippen molar-refractivity contribution in [2.75, 3.05) is 0 Å². The highest BCUT2D eigenvalue weighted by Crippen LogP contribution is 2.27. The molecule has 5 heteroatoms. The van der Waals surface area contributed by atoms with Gasteiger partial charge in [-0.05, 0) is 30.5 Å². The van der Waals surface area contributed by atoms with Gasteiger partial charge in [-0.15, -0.1) is 0 Å². The summed E-state index contributed by atoms with van der Waals surface area (Å²) in [5, 5.41) is 5.75. The van der Waals surface area contributed by atoms with Crippen LogP contribution in [0.3, 0.4) is 0 Å². The number of hydrogen-bond acceptors (Lipinski definition) is 1. The van der Waals surface area contributed by atoms with E-state index in [1.807, 2.05) is 30.3 Å². The Labute approximate surface area is 137 Å². The van der Waals surface area contributed by atoms with Gasteiger partial charge in [0.25, 0.3) is 0 Å². The molecule has 0 radical (unpaired) electrons. The van der Waals surface area contributed by atoms with Crippen LogP contribution in [0.1, 0.15) is 30.0 Å². The topological polar surface area (TPSA) is 41.1 Å². The van der Waals surface area contributed by atoms with Gasteiger partial charge < -0.3 is 10.6 Å². The maximum atomic E-state index is 14.3. The molecule has 0 aromatic heterocycles. The van der Waals surface area contributed by atoms with Crippen LogP contribution in [0.15, 0.2) is 53.0 Å². The van der Waals surface area contributed by atoms with Gasteiger partial charge in [0.2, 0.25) is 0 Å². The van der Waals surface area contributed by atoms with Crippen molar-refractivity contribution in [2.45, 2.75) is 24.9 Å². The minimum atomic E-state index is -0.520. The van der Waals surface area contributed by atoms with Gasteiger partial charge in [-0.2, -0.15) is 0 Å². The largest absolute Gasteiger partial charge is 0.335 e. The van der Waals surface area contributed by atoms with E-state index < -0.39 is 6.04 Å². The predicted octanol–water partition coefficient (Wildman–Crippen LogP) is 4.14. The standard InChI is InChI=1S/C17H16BrFN2O/c18-12-6-9-14(15(19)10-12)16(11-4-2-1-3-5-11)21-17(22)20-13-7-8-13/h1-6,9-10,13,16H,7-8H2,(H2,20,21,22)/t16-/m1/s1. The second kappa shape index (κ2) is 6.48. The van der Waals surface area contributed by atoms with E-state index in [2.05, 4.69) is 26.6 Å². The molecular formula is C17H16BrFN2O. The first-order valence-corrected chi connectivity index (χ1v) is 8.00. The molecule has 0 heterocycles. The van der Waals surface area contributed by atoms with Crippen LogP contribution in [0, 0.1) is 5.82 Å². The molecule has 114 valence electrons. The number of rotatable bonds is 4. The van der Waals surface area contributed by atoms with Gasteiger partial charge in [0.05, 0.1) is 6.04 Å². The zero-order valence-corrected chi connectivity index (χ0v) is 13.4. The van der Waals surface area contributed by atoms with Crippen molar-refractivity contribution in [2.24, 2.45) is 0 Å². The van der Waals surface area contributed by atoms with Crippen LogP contribution >= 0.6 is 15.9 Å². The van der Waals surface area contributed by atoms with Crippen molar-refractivity contribution in [3.8, 4) is 0 Å². The molecule has 1 saturated carbocycles. The molecule has 2 aromatic rings. The molecule has 2 aromatic carbocycles. The first-order chi connectivity index (χ1) is 10.6. The van der Waals surface area contributed by atoms with Crippen molar-refractivity contribution in [1.82, 2.24) is 10.6 Å². The molecular weight excluding hydrogens is 347 g/mol. The number of nitrogens with one attached hydrogen (secondary N) is 2.